The van der Waals surface area contributed by atoms with Crippen molar-refractivity contribution in [3.05, 3.63) is 11.9 Å². The van der Waals surface area contributed by atoms with Gasteiger partial charge in [-0.05, 0) is 25.8 Å². The minimum Gasteiger partial charge on any atom is -0.393 e. The van der Waals surface area contributed by atoms with Crippen LogP contribution in [0.3, 0.4) is 0 Å². The number of aliphatic hydroxyl groups is 1. The predicted molar refractivity (Wildman–Crippen MR) is 44.8 cm³/mol. The van der Waals surface area contributed by atoms with E-state index in [1.54, 1.807) is 0 Å². The zero-order valence-electron chi connectivity index (χ0n) is 6.95. The molecule has 0 aliphatic carbocycles. The van der Waals surface area contributed by atoms with Crippen molar-refractivity contribution >= 4 is 0 Å². The third kappa shape index (κ3) is 2.12. The Balaban J connectivity index is 2.39. The van der Waals surface area contributed by atoms with Crippen LogP contribution in [0.15, 0.2) is 11.9 Å². The van der Waals surface area contributed by atoms with Gasteiger partial charge in [0.25, 0.3) is 0 Å². The molecule has 1 aliphatic heterocycles. The van der Waals surface area contributed by atoms with E-state index in [9.17, 15) is 5.11 Å². The number of aliphatic hydroxyl groups excluding tert-OH is 1. The Morgan fingerprint density at radius 1 is 1.55 bits per heavy atom. The van der Waals surface area contributed by atoms with Gasteiger partial charge in [-0.1, -0.05) is 0 Å². The van der Waals surface area contributed by atoms with Crippen molar-refractivity contribution in [2.45, 2.75) is 25.9 Å². The van der Waals surface area contributed by atoms with Crippen LogP contribution in [0.4, 0.5) is 0 Å². The fourth-order valence-corrected chi connectivity index (χ4v) is 1.31. The van der Waals surface area contributed by atoms with Crippen LogP contribution in [0.1, 0.15) is 19.8 Å². The van der Waals surface area contributed by atoms with E-state index in [0.29, 0.717) is 0 Å². The summed E-state index contributed by atoms with van der Waals surface area (Å²) in [5, 5.41) is 9.19. The topological polar surface area (TPSA) is 49.5 Å². The van der Waals surface area contributed by atoms with Gasteiger partial charge in [0, 0.05) is 13.1 Å². The fraction of sp³-hybridized carbons (Fsp3) is 0.750. The van der Waals surface area contributed by atoms with Crippen LogP contribution in [-0.2, 0) is 0 Å². The van der Waals surface area contributed by atoms with Gasteiger partial charge in [-0.25, -0.2) is 0 Å². The average Bonchev–Trinajstić information content (AvgIpc) is 2.05. The van der Waals surface area contributed by atoms with E-state index >= 15 is 0 Å². The summed E-state index contributed by atoms with van der Waals surface area (Å²) >= 11 is 0. The molecule has 64 valence electrons. The standard InChI is InChI=1S/C8H16N2O/c1-2-8(9)10-5-3-7(11)4-6-10/h2,7,11H,3-6,9H2,1H3/b8-2+. The van der Waals surface area contributed by atoms with Gasteiger partial charge in [-0.15, -0.1) is 0 Å². The second-order valence-electron chi connectivity index (χ2n) is 2.93. The smallest absolute Gasteiger partial charge is 0.0942 e. The van der Waals surface area contributed by atoms with E-state index in [1.165, 1.54) is 0 Å². The zero-order chi connectivity index (χ0) is 8.27. The third-order valence-electron chi connectivity index (χ3n) is 2.13. The van der Waals surface area contributed by atoms with Crippen LogP contribution in [0.5, 0.6) is 0 Å². The minimum atomic E-state index is -0.115. The molecule has 0 aromatic rings. The lowest BCUT2D eigenvalue weighted by molar-refractivity contribution is 0.0965. The molecule has 0 aromatic heterocycles. The quantitative estimate of drug-likeness (QED) is 0.572. The molecule has 3 heteroatoms. The Morgan fingerprint density at radius 2 is 2.09 bits per heavy atom. The van der Waals surface area contributed by atoms with Gasteiger partial charge >= 0.3 is 0 Å². The third-order valence-corrected chi connectivity index (χ3v) is 2.13. The van der Waals surface area contributed by atoms with Gasteiger partial charge in [0.1, 0.15) is 0 Å². The number of hydrogen-bond donors (Lipinski definition) is 2. The molecule has 1 aliphatic rings. The Labute approximate surface area is 67.5 Å². The van der Waals surface area contributed by atoms with E-state index in [2.05, 4.69) is 4.90 Å². The number of rotatable bonds is 1. The predicted octanol–water partition coefficient (Wildman–Crippen LogP) is 0.263. The van der Waals surface area contributed by atoms with Crippen LogP contribution in [0, 0.1) is 0 Å². The number of piperidine rings is 1. The number of nitrogens with zero attached hydrogens (tertiary/aromatic N) is 1. The molecule has 0 spiro atoms. The molecule has 11 heavy (non-hydrogen) atoms. The van der Waals surface area contributed by atoms with Crippen molar-refractivity contribution in [1.82, 2.24) is 4.90 Å². The highest BCUT2D eigenvalue weighted by Crippen LogP contribution is 2.11. The summed E-state index contributed by atoms with van der Waals surface area (Å²) in [5.41, 5.74) is 5.70. The average molecular weight is 156 g/mol. The van der Waals surface area contributed by atoms with Crippen LogP contribution in [0.2, 0.25) is 0 Å². The maximum absolute atomic E-state index is 9.19. The number of nitrogens with two attached hydrogens (primary N) is 1. The molecule has 0 unspecified atom stereocenters. The van der Waals surface area contributed by atoms with Crippen molar-refractivity contribution in [2.75, 3.05) is 13.1 Å². The van der Waals surface area contributed by atoms with Crippen molar-refractivity contribution < 1.29 is 5.11 Å². The molecule has 0 amide bonds. The molecule has 0 radical (unpaired) electrons. The molecule has 1 saturated heterocycles. The van der Waals surface area contributed by atoms with E-state index in [1.807, 2.05) is 13.0 Å². The van der Waals surface area contributed by atoms with Gasteiger partial charge in [-0.3, -0.25) is 0 Å². The number of likely N-dealkylation sites (tertiary alicyclic amines) is 1. The van der Waals surface area contributed by atoms with Gasteiger partial charge in [-0.2, -0.15) is 0 Å². The largest absolute Gasteiger partial charge is 0.393 e. The van der Waals surface area contributed by atoms with Crippen molar-refractivity contribution in [1.29, 1.82) is 0 Å². The molecular formula is C8H16N2O. The molecule has 0 aromatic carbocycles. The van der Waals surface area contributed by atoms with Gasteiger partial charge in [0.2, 0.25) is 0 Å². The lowest BCUT2D eigenvalue weighted by atomic mass is 10.1. The first-order valence-corrected chi connectivity index (χ1v) is 4.09. The van der Waals surface area contributed by atoms with Gasteiger partial charge in [0.15, 0.2) is 0 Å². The van der Waals surface area contributed by atoms with Crippen molar-refractivity contribution in [3.63, 3.8) is 0 Å². The molecule has 0 bridgehead atoms. The van der Waals surface area contributed by atoms with Crippen LogP contribution < -0.4 is 5.73 Å². The summed E-state index contributed by atoms with van der Waals surface area (Å²) in [7, 11) is 0. The maximum atomic E-state index is 9.19. The first-order chi connectivity index (χ1) is 5.24. The van der Waals surface area contributed by atoms with Gasteiger partial charge in [0.05, 0.1) is 11.9 Å². The lowest BCUT2D eigenvalue weighted by Crippen LogP contribution is -2.37. The second-order valence-corrected chi connectivity index (χ2v) is 2.93. The monoisotopic (exact) mass is 156 g/mol. The molecule has 3 nitrogen and oxygen atoms in total. The molecule has 0 atom stereocenters. The van der Waals surface area contributed by atoms with Crippen molar-refractivity contribution in [3.8, 4) is 0 Å². The SMILES string of the molecule is C/C=C(\N)N1CCC(O)CC1. The van der Waals surface area contributed by atoms with Crippen LogP contribution in [-0.4, -0.2) is 29.2 Å². The highest BCUT2D eigenvalue weighted by Gasteiger charge is 2.16. The summed E-state index contributed by atoms with van der Waals surface area (Å²) in [6, 6.07) is 0. The zero-order valence-corrected chi connectivity index (χ0v) is 6.95. The summed E-state index contributed by atoms with van der Waals surface area (Å²) in [4.78, 5) is 2.10. The van der Waals surface area contributed by atoms with E-state index in [4.69, 9.17) is 5.73 Å². The molecular weight excluding hydrogens is 140 g/mol. The Hall–Kier alpha value is -0.700. The first kappa shape index (κ1) is 8.40. The second kappa shape index (κ2) is 3.62. The van der Waals surface area contributed by atoms with E-state index in [0.717, 1.165) is 31.8 Å². The number of allylic oxidation sites excluding steroid dienone is 1. The fourth-order valence-electron chi connectivity index (χ4n) is 1.31. The Morgan fingerprint density at radius 3 is 2.55 bits per heavy atom. The molecule has 1 fully saturated rings. The van der Waals surface area contributed by atoms with E-state index < -0.39 is 0 Å². The summed E-state index contributed by atoms with van der Waals surface area (Å²) < 4.78 is 0. The Kier molecular flexibility index (Phi) is 2.76. The first-order valence-electron chi connectivity index (χ1n) is 4.09. The van der Waals surface area contributed by atoms with E-state index in [-0.39, 0.29) is 6.10 Å². The summed E-state index contributed by atoms with van der Waals surface area (Å²) in [6.07, 6.45) is 3.47. The minimum absolute atomic E-state index is 0.115. The summed E-state index contributed by atoms with van der Waals surface area (Å²) in [6.45, 7) is 3.70. The molecule has 3 N–H and O–H groups in total. The highest BCUT2D eigenvalue weighted by atomic mass is 16.3. The normalized spacial score (nSPS) is 22.4. The van der Waals surface area contributed by atoms with Gasteiger partial charge < -0.3 is 15.7 Å². The maximum Gasteiger partial charge on any atom is 0.0942 e. The molecule has 0 saturated carbocycles. The van der Waals surface area contributed by atoms with Crippen LogP contribution >= 0.6 is 0 Å². The molecule has 1 heterocycles. The van der Waals surface area contributed by atoms with Crippen LogP contribution in [0.25, 0.3) is 0 Å². The van der Waals surface area contributed by atoms with Crippen molar-refractivity contribution in [2.24, 2.45) is 5.73 Å². The molecule has 1 rings (SSSR count). The number of hydrogen-bond acceptors (Lipinski definition) is 3. The highest BCUT2D eigenvalue weighted by molar-refractivity contribution is 4.95. The lowest BCUT2D eigenvalue weighted by Gasteiger charge is -2.31. The summed E-state index contributed by atoms with van der Waals surface area (Å²) in [5.74, 6) is 0.830. The Bertz CT molecular complexity index is 148.